The van der Waals surface area contributed by atoms with Crippen molar-refractivity contribution >= 4 is 0 Å². The second-order valence-electron chi connectivity index (χ2n) is 6.30. The van der Waals surface area contributed by atoms with Gasteiger partial charge in [0.2, 0.25) is 0 Å². The quantitative estimate of drug-likeness (QED) is 0.809. The van der Waals surface area contributed by atoms with Crippen molar-refractivity contribution in [2.24, 2.45) is 0 Å². The zero-order chi connectivity index (χ0) is 15.8. The summed E-state index contributed by atoms with van der Waals surface area (Å²) in [7, 11) is 0. The highest BCUT2D eigenvalue weighted by Gasteiger charge is 2.19. The van der Waals surface area contributed by atoms with Crippen LogP contribution >= 0.6 is 0 Å². The highest BCUT2D eigenvalue weighted by atomic mass is 15.3. The van der Waals surface area contributed by atoms with Crippen molar-refractivity contribution < 1.29 is 0 Å². The first kappa shape index (κ1) is 14.2. The van der Waals surface area contributed by atoms with E-state index in [1.807, 2.05) is 13.1 Å². The number of rotatable bonds is 3. The molecule has 1 aromatic carbocycles. The van der Waals surface area contributed by atoms with Gasteiger partial charge in [-0.2, -0.15) is 10.2 Å². The molecule has 0 bridgehead atoms. The van der Waals surface area contributed by atoms with E-state index >= 15 is 0 Å². The molecule has 0 saturated carbocycles. The molecule has 3 heterocycles. The minimum Gasteiger partial charge on any atom is -0.294 e. The summed E-state index contributed by atoms with van der Waals surface area (Å²) in [6.45, 7) is 7.09. The van der Waals surface area contributed by atoms with Gasteiger partial charge in [-0.1, -0.05) is 18.2 Å². The molecule has 1 aliphatic heterocycles. The molecule has 5 nitrogen and oxygen atoms in total. The van der Waals surface area contributed by atoms with Gasteiger partial charge < -0.3 is 0 Å². The fourth-order valence-corrected chi connectivity index (χ4v) is 3.38. The van der Waals surface area contributed by atoms with Crippen LogP contribution in [-0.4, -0.2) is 31.4 Å². The second-order valence-corrected chi connectivity index (χ2v) is 6.30. The van der Waals surface area contributed by atoms with Crippen LogP contribution < -0.4 is 0 Å². The predicted molar refractivity (Wildman–Crippen MR) is 89.4 cm³/mol. The van der Waals surface area contributed by atoms with Crippen LogP contribution in [0.4, 0.5) is 0 Å². The number of benzene rings is 1. The molecular weight excluding hydrogens is 286 g/mol. The molecule has 3 aromatic rings. The Balaban J connectivity index is 1.62. The molecule has 0 spiro atoms. The Morgan fingerprint density at radius 2 is 2.09 bits per heavy atom. The van der Waals surface area contributed by atoms with Gasteiger partial charge in [-0.05, 0) is 31.5 Å². The van der Waals surface area contributed by atoms with Crippen LogP contribution in [0.5, 0.6) is 0 Å². The first-order chi connectivity index (χ1) is 11.2. The van der Waals surface area contributed by atoms with Gasteiger partial charge in [0.1, 0.15) is 0 Å². The van der Waals surface area contributed by atoms with Crippen LogP contribution in [0.1, 0.15) is 28.2 Å². The third-order valence-corrected chi connectivity index (χ3v) is 4.50. The number of para-hydroxylation sites is 1. The lowest BCUT2D eigenvalue weighted by atomic mass is 10.1. The Morgan fingerprint density at radius 3 is 2.91 bits per heavy atom. The molecule has 23 heavy (non-hydrogen) atoms. The normalized spacial score (nSPS) is 14.9. The molecule has 0 radical (unpaired) electrons. The van der Waals surface area contributed by atoms with Crippen molar-refractivity contribution in [2.45, 2.75) is 33.4 Å². The Labute approximate surface area is 135 Å². The summed E-state index contributed by atoms with van der Waals surface area (Å²) in [5, 5.41) is 11.9. The number of nitrogens with one attached hydrogen (secondary N) is 1. The van der Waals surface area contributed by atoms with E-state index in [9.17, 15) is 0 Å². The van der Waals surface area contributed by atoms with Crippen molar-refractivity contribution in [2.75, 3.05) is 6.54 Å². The number of H-pyrrole nitrogens is 1. The molecule has 1 aliphatic rings. The van der Waals surface area contributed by atoms with E-state index in [1.165, 1.54) is 28.2 Å². The number of aromatic nitrogens is 4. The number of fused-ring (bicyclic) bond motifs is 1. The maximum Gasteiger partial charge on any atom is 0.0693 e. The number of hydrogen-bond donors (Lipinski definition) is 1. The van der Waals surface area contributed by atoms with E-state index in [0.29, 0.717) is 0 Å². The average molecular weight is 307 g/mol. The van der Waals surface area contributed by atoms with Gasteiger partial charge in [0, 0.05) is 43.0 Å². The van der Waals surface area contributed by atoms with E-state index in [2.05, 4.69) is 62.1 Å². The molecule has 2 aromatic heterocycles. The molecule has 0 unspecified atom stereocenters. The summed E-state index contributed by atoms with van der Waals surface area (Å²) in [6, 6.07) is 10.7. The molecule has 1 N–H and O–H groups in total. The topological polar surface area (TPSA) is 49.7 Å². The first-order valence-electron chi connectivity index (χ1n) is 8.06. The zero-order valence-electron chi connectivity index (χ0n) is 13.6. The minimum atomic E-state index is 0.930. The maximum atomic E-state index is 4.65. The molecule has 0 amide bonds. The van der Waals surface area contributed by atoms with E-state index < -0.39 is 0 Å². The van der Waals surface area contributed by atoms with Gasteiger partial charge in [-0.25, -0.2) is 4.68 Å². The molecule has 4 rings (SSSR count). The van der Waals surface area contributed by atoms with Crippen LogP contribution in [0.2, 0.25) is 0 Å². The van der Waals surface area contributed by atoms with Gasteiger partial charge >= 0.3 is 0 Å². The summed E-state index contributed by atoms with van der Waals surface area (Å²) >= 11 is 0. The Bertz CT molecular complexity index is 830. The van der Waals surface area contributed by atoms with Crippen molar-refractivity contribution in [3.05, 3.63) is 64.7 Å². The van der Waals surface area contributed by atoms with Gasteiger partial charge in [-0.15, -0.1) is 0 Å². The van der Waals surface area contributed by atoms with Crippen LogP contribution in [0.15, 0.2) is 36.5 Å². The summed E-state index contributed by atoms with van der Waals surface area (Å²) in [4.78, 5) is 2.47. The molecule has 5 heteroatoms. The van der Waals surface area contributed by atoms with Gasteiger partial charge in [-0.3, -0.25) is 10.00 Å². The van der Waals surface area contributed by atoms with Crippen LogP contribution in [0.25, 0.3) is 5.69 Å². The maximum absolute atomic E-state index is 4.65. The van der Waals surface area contributed by atoms with E-state index in [0.717, 1.165) is 31.7 Å². The summed E-state index contributed by atoms with van der Waals surface area (Å²) in [5.74, 6) is 0. The average Bonchev–Trinajstić information content (AvgIpc) is 3.13. The molecular formula is C18H21N5. The number of aromatic amines is 1. The highest BCUT2D eigenvalue weighted by Crippen LogP contribution is 2.22. The first-order valence-corrected chi connectivity index (χ1v) is 8.06. The Kier molecular flexibility index (Phi) is 3.50. The lowest BCUT2D eigenvalue weighted by Gasteiger charge is -2.27. The monoisotopic (exact) mass is 307 g/mol. The second kappa shape index (κ2) is 5.66. The largest absolute Gasteiger partial charge is 0.294 e. The lowest BCUT2D eigenvalue weighted by molar-refractivity contribution is 0.244. The number of hydrogen-bond acceptors (Lipinski definition) is 3. The third kappa shape index (κ3) is 2.68. The lowest BCUT2D eigenvalue weighted by Crippen LogP contribution is -2.30. The summed E-state index contributed by atoms with van der Waals surface area (Å²) in [6.07, 6.45) is 2.99. The Morgan fingerprint density at radius 1 is 1.22 bits per heavy atom. The number of nitrogens with zero attached hydrogens (tertiary/aromatic N) is 4. The smallest absolute Gasteiger partial charge is 0.0693 e. The standard InChI is InChI=1S/C18H21N5/c1-13-9-14(2)23(21-13)18-6-4-3-5-15(18)11-22-8-7-17-16(12-22)10-19-20-17/h3-6,9-10H,7-8,11-12H2,1-2H3,(H,19,20). The van der Waals surface area contributed by atoms with Crippen LogP contribution in [-0.2, 0) is 19.5 Å². The van der Waals surface area contributed by atoms with Gasteiger partial charge in [0.25, 0.3) is 0 Å². The molecule has 0 fully saturated rings. The fraction of sp³-hybridized carbons (Fsp3) is 0.333. The van der Waals surface area contributed by atoms with Crippen LogP contribution in [0.3, 0.4) is 0 Å². The predicted octanol–water partition coefficient (Wildman–Crippen LogP) is 2.77. The Hall–Kier alpha value is -2.40. The fourth-order valence-electron chi connectivity index (χ4n) is 3.38. The molecule has 118 valence electrons. The molecule has 0 atom stereocenters. The van der Waals surface area contributed by atoms with Crippen molar-refractivity contribution in [3.8, 4) is 5.69 Å². The van der Waals surface area contributed by atoms with Crippen LogP contribution in [0, 0.1) is 13.8 Å². The van der Waals surface area contributed by atoms with Gasteiger partial charge in [0.05, 0.1) is 17.6 Å². The summed E-state index contributed by atoms with van der Waals surface area (Å²) < 4.78 is 2.05. The van der Waals surface area contributed by atoms with Crippen molar-refractivity contribution in [1.29, 1.82) is 0 Å². The molecule has 0 saturated heterocycles. The number of aryl methyl sites for hydroxylation is 2. The minimum absolute atomic E-state index is 0.930. The van der Waals surface area contributed by atoms with Gasteiger partial charge in [0.15, 0.2) is 0 Å². The SMILES string of the molecule is Cc1cc(C)n(-c2ccccc2CN2CCc3[nH]ncc3C2)n1. The zero-order valence-corrected chi connectivity index (χ0v) is 13.6. The van der Waals surface area contributed by atoms with E-state index in [4.69, 9.17) is 0 Å². The van der Waals surface area contributed by atoms with Crippen molar-refractivity contribution in [3.63, 3.8) is 0 Å². The highest BCUT2D eigenvalue weighted by molar-refractivity contribution is 5.42. The van der Waals surface area contributed by atoms with E-state index in [1.54, 1.807) is 0 Å². The van der Waals surface area contributed by atoms with Crippen molar-refractivity contribution in [1.82, 2.24) is 24.9 Å². The van der Waals surface area contributed by atoms with E-state index in [-0.39, 0.29) is 0 Å². The summed E-state index contributed by atoms with van der Waals surface area (Å²) in [5.41, 5.74) is 7.32. The third-order valence-electron chi connectivity index (χ3n) is 4.50. The molecule has 0 aliphatic carbocycles.